The Labute approximate surface area is 103 Å². The molecule has 0 saturated heterocycles. The molecule has 0 aliphatic heterocycles. The molecule has 0 bridgehead atoms. The van der Waals surface area contributed by atoms with Crippen molar-refractivity contribution in [2.75, 3.05) is 0 Å². The Morgan fingerprint density at radius 2 is 1.75 bits per heavy atom. The number of benzene rings is 1. The Kier molecular flexibility index (Phi) is 3.09. The summed E-state index contributed by atoms with van der Waals surface area (Å²) in [5, 5.41) is 9.85. The van der Waals surface area contributed by atoms with Gasteiger partial charge in [0.05, 0.1) is 5.69 Å². The average molecular weight is 249 g/mol. The fraction of sp³-hybridized carbons (Fsp3) is 0. The molecule has 0 amide bonds. The monoisotopic (exact) mass is 248 g/mol. The molecule has 2 rings (SSSR count). The molecule has 0 radical (unpaired) electrons. The number of aromatic nitrogens is 1. The minimum Gasteiger partial charge on any atom is -0.237 e. The quantitative estimate of drug-likeness (QED) is 0.767. The minimum absolute atomic E-state index is 0.369. The van der Waals surface area contributed by atoms with Gasteiger partial charge in [0.2, 0.25) is 0 Å². The first kappa shape index (κ1) is 10.9. The number of nitriles is 1. The highest BCUT2D eigenvalue weighted by Crippen LogP contribution is 2.25. The first-order valence-corrected chi connectivity index (χ1v) is 5.28. The van der Waals surface area contributed by atoms with Crippen LogP contribution in [0.5, 0.6) is 0 Å². The second-order valence-electron chi connectivity index (χ2n) is 3.18. The van der Waals surface area contributed by atoms with E-state index < -0.39 is 0 Å². The van der Waals surface area contributed by atoms with Crippen molar-refractivity contribution in [2.24, 2.45) is 0 Å². The lowest BCUT2D eigenvalue weighted by Gasteiger charge is -2.02. The van der Waals surface area contributed by atoms with Crippen LogP contribution in [0.3, 0.4) is 0 Å². The fourth-order valence-electron chi connectivity index (χ4n) is 1.36. The van der Waals surface area contributed by atoms with Gasteiger partial charge in [-0.15, -0.1) is 0 Å². The van der Waals surface area contributed by atoms with E-state index in [1.54, 1.807) is 30.3 Å². The van der Waals surface area contributed by atoms with E-state index in [-0.39, 0.29) is 0 Å². The van der Waals surface area contributed by atoms with Gasteiger partial charge in [-0.05, 0) is 30.3 Å². The summed E-state index contributed by atoms with van der Waals surface area (Å²) in [5.74, 6) is 0. The molecule has 4 heteroatoms. The molecule has 2 nitrogen and oxygen atoms in total. The van der Waals surface area contributed by atoms with Crippen molar-refractivity contribution < 1.29 is 0 Å². The summed E-state index contributed by atoms with van der Waals surface area (Å²) in [4.78, 5) is 4.17. The molecule has 78 valence electrons. The van der Waals surface area contributed by atoms with Crippen LogP contribution < -0.4 is 0 Å². The van der Waals surface area contributed by atoms with Crippen LogP contribution in [0.25, 0.3) is 11.3 Å². The molecule has 16 heavy (non-hydrogen) atoms. The van der Waals surface area contributed by atoms with E-state index in [2.05, 4.69) is 4.98 Å². The Morgan fingerprint density at radius 3 is 2.38 bits per heavy atom. The van der Waals surface area contributed by atoms with Gasteiger partial charge in [0, 0.05) is 15.6 Å². The number of nitrogens with zero attached hydrogens (tertiary/aromatic N) is 2. The SMILES string of the molecule is N#Cc1cccc(-c2cc(Cl)cc(Cl)c2)n1. The van der Waals surface area contributed by atoms with Crippen molar-refractivity contribution in [3.05, 3.63) is 52.1 Å². The largest absolute Gasteiger partial charge is 0.237 e. The Balaban J connectivity index is 2.54. The maximum Gasteiger partial charge on any atom is 0.141 e. The molecule has 0 spiro atoms. The zero-order chi connectivity index (χ0) is 11.5. The smallest absolute Gasteiger partial charge is 0.141 e. The molecule has 0 fully saturated rings. The number of hydrogen-bond donors (Lipinski definition) is 0. The first-order valence-electron chi connectivity index (χ1n) is 4.52. The highest BCUT2D eigenvalue weighted by molar-refractivity contribution is 6.35. The Bertz CT molecular complexity index is 553. The molecule has 0 aliphatic carbocycles. The topological polar surface area (TPSA) is 36.7 Å². The van der Waals surface area contributed by atoms with Crippen LogP contribution in [0.1, 0.15) is 5.69 Å². The molecule has 0 unspecified atom stereocenters. The molecule has 0 N–H and O–H groups in total. The lowest BCUT2D eigenvalue weighted by Crippen LogP contribution is -1.87. The van der Waals surface area contributed by atoms with E-state index in [0.29, 0.717) is 21.4 Å². The van der Waals surface area contributed by atoms with Gasteiger partial charge < -0.3 is 0 Å². The number of pyridine rings is 1. The third-order valence-electron chi connectivity index (χ3n) is 2.02. The van der Waals surface area contributed by atoms with Gasteiger partial charge in [0.25, 0.3) is 0 Å². The molecular formula is C12H6Cl2N2. The molecule has 1 aromatic carbocycles. The standard InChI is InChI=1S/C12H6Cl2N2/c13-9-4-8(5-10(14)6-9)12-3-1-2-11(7-15)16-12/h1-6H. The fourth-order valence-corrected chi connectivity index (χ4v) is 1.89. The van der Waals surface area contributed by atoms with Crippen LogP contribution in [0, 0.1) is 11.3 Å². The Morgan fingerprint density at radius 1 is 1.06 bits per heavy atom. The third-order valence-corrected chi connectivity index (χ3v) is 2.46. The van der Waals surface area contributed by atoms with E-state index >= 15 is 0 Å². The number of rotatable bonds is 1. The zero-order valence-corrected chi connectivity index (χ0v) is 9.63. The molecule has 1 aromatic heterocycles. The molecule has 0 aliphatic rings. The van der Waals surface area contributed by atoms with Crippen LogP contribution in [0.2, 0.25) is 10.0 Å². The van der Waals surface area contributed by atoms with Crippen LogP contribution >= 0.6 is 23.2 Å². The number of halogens is 2. The van der Waals surface area contributed by atoms with Crippen LogP contribution in [0.4, 0.5) is 0 Å². The maximum atomic E-state index is 8.75. The van der Waals surface area contributed by atoms with Gasteiger partial charge >= 0.3 is 0 Å². The van der Waals surface area contributed by atoms with Gasteiger partial charge in [-0.2, -0.15) is 5.26 Å². The van der Waals surface area contributed by atoms with Crippen LogP contribution in [-0.2, 0) is 0 Å². The highest BCUT2D eigenvalue weighted by Gasteiger charge is 2.03. The van der Waals surface area contributed by atoms with Crippen molar-refractivity contribution in [3.63, 3.8) is 0 Å². The molecule has 0 saturated carbocycles. The second-order valence-corrected chi connectivity index (χ2v) is 4.05. The normalized spacial score (nSPS) is 9.81. The van der Waals surface area contributed by atoms with Gasteiger partial charge in [-0.25, -0.2) is 4.98 Å². The van der Waals surface area contributed by atoms with Gasteiger partial charge in [-0.1, -0.05) is 29.3 Å². The van der Waals surface area contributed by atoms with Crippen LogP contribution in [-0.4, -0.2) is 4.98 Å². The summed E-state index contributed by atoms with van der Waals surface area (Å²) in [6, 6.07) is 12.4. The van der Waals surface area contributed by atoms with Crippen molar-refractivity contribution in [1.29, 1.82) is 5.26 Å². The lowest BCUT2D eigenvalue weighted by molar-refractivity contribution is 1.27. The van der Waals surface area contributed by atoms with Gasteiger partial charge in [0.15, 0.2) is 0 Å². The number of hydrogen-bond acceptors (Lipinski definition) is 2. The highest BCUT2D eigenvalue weighted by atomic mass is 35.5. The predicted molar refractivity (Wildman–Crippen MR) is 64.4 cm³/mol. The van der Waals surface area contributed by atoms with E-state index in [1.165, 1.54) is 0 Å². The summed E-state index contributed by atoms with van der Waals surface area (Å²) < 4.78 is 0. The molecule has 0 atom stereocenters. The molecule has 2 aromatic rings. The summed E-state index contributed by atoms with van der Waals surface area (Å²) in [6.45, 7) is 0. The van der Waals surface area contributed by atoms with Gasteiger partial charge in [-0.3, -0.25) is 0 Å². The van der Waals surface area contributed by atoms with Crippen molar-refractivity contribution >= 4 is 23.2 Å². The van der Waals surface area contributed by atoms with E-state index in [9.17, 15) is 0 Å². The van der Waals surface area contributed by atoms with Crippen LogP contribution in [0.15, 0.2) is 36.4 Å². The third kappa shape index (κ3) is 2.33. The first-order chi connectivity index (χ1) is 7.69. The van der Waals surface area contributed by atoms with Gasteiger partial charge in [0.1, 0.15) is 11.8 Å². The van der Waals surface area contributed by atoms with E-state index in [0.717, 1.165) is 5.56 Å². The zero-order valence-electron chi connectivity index (χ0n) is 8.11. The molecule has 1 heterocycles. The summed E-state index contributed by atoms with van der Waals surface area (Å²) in [5.41, 5.74) is 1.85. The Hall–Kier alpha value is -1.56. The van der Waals surface area contributed by atoms with E-state index in [1.807, 2.05) is 12.1 Å². The van der Waals surface area contributed by atoms with E-state index in [4.69, 9.17) is 28.5 Å². The minimum atomic E-state index is 0.369. The average Bonchev–Trinajstić information content (AvgIpc) is 2.28. The summed E-state index contributed by atoms with van der Waals surface area (Å²) >= 11 is 11.8. The molecular weight excluding hydrogens is 243 g/mol. The lowest BCUT2D eigenvalue weighted by atomic mass is 10.1. The summed E-state index contributed by atoms with van der Waals surface area (Å²) in [6.07, 6.45) is 0. The predicted octanol–water partition coefficient (Wildman–Crippen LogP) is 3.93. The van der Waals surface area contributed by atoms with Crippen molar-refractivity contribution in [2.45, 2.75) is 0 Å². The van der Waals surface area contributed by atoms with Crippen molar-refractivity contribution in [1.82, 2.24) is 4.98 Å². The second kappa shape index (κ2) is 4.52. The van der Waals surface area contributed by atoms with Crippen molar-refractivity contribution in [3.8, 4) is 17.3 Å². The maximum absolute atomic E-state index is 8.75. The summed E-state index contributed by atoms with van der Waals surface area (Å²) in [7, 11) is 0.